The molecule has 3 aromatic rings. The summed E-state index contributed by atoms with van der Waals surface area (Å²) >= 11 is 0. The molecule has 1 heterocycles. The van der Waals surface area contributed by atoms with Gasteiger partial charge in [0.25, 0.3) is 5.91 Å². The van der Waals surface area contributed by atoms with Gasteiger partial charge in [0.2, 0.25) is 11.9 Å². The molecule has 10 nitrogen and oxygen atoms in total. The van der Waals surface area contributed by atoms with Crippen molar-refractivity contribution in [2.24, 2.45) is 0 Å². The summed E-state index contributed by atoms with van der Waals surface area (Å²) in [7, 11) is 7.50. The molecule has 0 aliphatic heterocycles. The van der Waals surface area contributed by atoms with Gasteiger partial charge in [-0.15, -0.1) is 0 Å². The molecule has 2 aromatic carbocycles. The third-order valence-corrected chi connectivity index (χ3v) is 5.23. The van der Waals surface area contributed by atoms with Gasteiger partial charge in [0.15, 0.2) is 0 Å². The van der Waals surface area contributed by atoms with Crippen molar-refractivity contribution in [3.8, 4) is 5.75 Å². The van der Waals surface area contributed by atoms with Crippen LogP contribution in [0.15, 0.2) is 67.4 Å². The number of anilines is 5. The summed E-state index contributed by atoms with van der Waals surface area (Å²) < 4.78 is 5.62. The molecule has 0 bridgehead atoms. The van der Waals surface area contributed by atoms with Gasteiger partial charge in [-0.25, -0.2) is 4.98 Å². The fourth-order valence-corrected chi connectivity index (χ4v) is 3.29. The number of benzene rings is 2. The predicted molar refractivity (Wildman–Crippen MR) is 143 cm³/mol. The summed E-state index contributed by atoms with van der Waals surface area (Å²) in [6, 6.07) is 14.0. The third-order valence-electron chi connectivity index (χ3n) is 5.23. The zero-order chi connectivity index (χ0) is 26.1. The number of nitrogens with one attached hydrogen (secondary N) is 3. The lowest BCUT2D eigenvalue weighted by Gasteiger charge is -2.26. The topological polar surface area (TPSA) is 112 Å². The normalized spacial score (nSPS) is 10.5. The predicted octanol–water partition coefficient (Wildman–Crippen LogP) is 3.60. The molecular weight excluding hydrogens is 458 g/mol. The number of amides is 2. The van der Waals surface area contributed by atoms with E-state index in [0.717, 1.165) is 18.8 Å². The van der Waals surface area contributed by atoms with Crippen LogP contribution in [0.5, 0.6) is 5.75 Å². The van der Waals surface area contributed by atoms with E-state index in [9.17, 15) is 9.59 Å². The maximum atomic E-state index is 12.5. The standard InChI is InChI=1S/C26H31N7O3/c1-6-24(34)28-19-16-20(22(36-5)17-21(19)33(4)15-14-32(2)3)29-26-27-13-12-23(31-26)30-25(35)18-10-8-7-9-11-18/h6-13,16-17H,1,14-15H2,2-5H3,(H,28,34)(H2,27,29,30,31,35). The molecule has 0 fully saturated rings. The molecule has 3 N–H and O–H groups in total. The zero-order valence-corrected chi connectivity index (χ0v) is 20.9. The van der Waals surface area contributed by atoms with Gasteiger partial charge < -0.3 is 30.5 Å². The Morgan fingerprint density at radius 1 is 1.03 bits per heavy atom. The first-order chi connectivity index (χ1) is 17.3. The summed E-state index contributed by atoms with van der Waals surface area (Å²) in [5.74, 6) is 0.489. The van der Waals surface area contributed by atoms with Gasteiger partial charge in [0.1, 0.15) is 11.6 Å². The Balaban J connectivity index is 1.89. The fourth-order valence-electron chi connectivity index (χ4n) is 3.29. The number of hydrogen-bond donors (Lipinski definition) is 3. The van der Waals surface area contributed by atoms with E-state index in [-0.39, 0.29) is 17.8 Å². The highest BCUT2D eigenvalue weighted by Crippen LogP contribution is 2.37. The highest BCUT2D eigenvalue weighted by molar-refractivity contribution is 6.04. The Morgan fingerprint density at radius 3 is 2.44 bits per heavy atom. The highest BCUT2D eigenvalue weighted by atomic mass is 16.5. The quantitative estimate of drug-likeness (QED) is 0.350. The number of likely N-dealkylation sites (N-methyl/N-ethyl adjacent to an activating group) is 2. The number of rotatable bonds is 11. The van der Waals surface area contributed by atoms with Crippen LogP contribution in [0.1, 0.15) is 10.4 Å². The van der Waals surface area contributed by atoms with Gasteiger partial charge in [-0.05, 0) is 44.4 Å². The largest absolute Gasteiger partial charge is 0.494 e. The van der Waals surface area contributed by atoms with Crippen LogP contribution in [-0.4, -0.2) is 68.0 Å². The number of ether oxygens (including phenoxy) is 1. The molecule has 1 aromatic heterocycles. The van der Waals surface area contributed by atoms with E-state index in [1.165, 1.54) is 12.3 Å². The van der Waals surface area contributed by atoms with Crippen molar-refractivity contribution in [1.29, 1.82) is 0 Å². The smallest absolute Gasteiger partial charge is 0.256 e. The number of aromatic nitrogens is 2. The lowest BCUT2D eigenvalue weighted by molar-refractivity contribution is -0.111. The van der Waals surface area contributed by atoms with E-state index >= 15 is 0 Å². The van der Waals surface area contributed by atoms with Crippen molar-refractivity contribution in [3.63, 3.8) is 0 Å². The molecular formula is C26H31N7O3. The first kappa shape index (κ1) is 26.2. The van der Waals surface area contributed by atoms with E-state index in [1.54, 1.807) is 43.5 Å². The molecule has 0 spiro atoms. The van der Waals surface area contributed by atoms with Gasteiger partial charge in [-0.3, -0.25) is 9.59 Å². The maximum absolute atomic E-state index is 12.5. The number of nitrogens with zero attached hydrogens (tertiary/aromatic N) is 4. The molecule has 0 radical (unpaired) electrons. The van der Waals surface area contributed by atoms with Crippen LogP contribution in [-0.2, 0) is 4.79 Å². The molecule has 188 valence electrons. The van der Waals surface area contributed by atoms with Gasteiger partial charge in [0.05, 0.1) is 24.2 Å². The van der Waals surface area contributed by atoms with E-state index < -0.39 is 0 Å². The van der Waals surface area contributed by atoms with Crippen molar-refractivity contribution in [2.45, 2.75) is 0 Å². The Labute approximate surface area is 211 Å². The molecule has 3 rings (SSSR count). The number of hydrogen-bond acceptors (Lipinski definition) is 8. The average Bonchev–Trinajstić information content (AvgIpc) is 2.88. The van der Waals surface area contributed by atoms with Crippen molar-refractivity contribution in [2.75, 3.05) is 62.2 Å². The van der Waals surface area contributed by atoms with Crippen LogP contribution in [0.25, 0.3) is 0 Å². The second-order valence-electron chi connectivity index (χ2n) is 8.20. The summed E-state index contributed by atoms with van der Waals surface area (Å²) in [5.41, 5.74) is 2.40. The lowest BCUT2D eigenvalue weighted by Crippen LogP contribution is -2.29. The van der Waals surface area contributed by atoms with Gasteiger partial charge >= 0.3 is 0 Å². The molecule has 0 aliphatic carbocycles. The zero-order valence-electron chi connectivity index (χ0n) is 20.9. The second kappa shape index (κ2) is 12.3. The first-order valence-electron chi connectivity index (χ1n) is 11.3. The van der Waals surface area contributed by atoms with E-state index in [4.69, 9.17) is 4.74 Å². The van der Waals surface area contributed by atoms with E-state index in [0.29, 0.717) is 28.5 Å². The van der Waals surface area contributed by atoms with Gasteiger partial charge in [-0.1, -0.05) is 24.8 Å². The summed E-state index contributed by atoms with van der Waals surface area (Å²) in [5, 5.41) is 8.74. The summed E-state index contributed by atoms with van der Waals surface area (Å²) in [4.78, 5) is 37.4. The van der Waals surface area contributed by atoms with Gasteiger partial charge in [-0.2, -0.15) is 4.98 Å². The maximum Gasteiger partial charge on any atom is 0.256 e. The fraction of sp³-hybridized carbons (Fsp3) is 0.231. The van der Waals surface area contributed by atoms with Crippen LogP contribution >= 0.6 is 0 Å². The Morgan fingerprint density at radius 2 is 1.78 bits per heavy atom. The van der Waals surface area contributed by atoms with Crippen molar-refractivity contribution >= 4 is 40.6 Å². The minimum Gasteiger partial charge on any atom is -0.494 e. The minimum atomic E-state index is -0.338. The molecule has 36 heavy (non-hydrogen) atoms. The number of methoxy groups -OCH3 is 1. The highest BCUT2D eigenvalue weighted by Gasteiger charge is 2.17. The van der Waals surface area contributed by atoms with E-state index in [2.05, 4.69) is 37.4 Å². The molecule has 0 aliphatic rings. The SMILES string of the molecule is C=CC(=O)Nc1cc(Nc2nccc(NC(=O)c3ccccc3)n2)c(OC)cc1N(C)CCN(C)C. The average molecular weight is 490 g/mol. The lowest BCUT2D eigenvalue weighted by atomic mass is 10.2. The van der Waals surface area contributed by atoms with E-state index in [1.807, 2.05) is 38.2 Å². The molecule has 0 unspecified atom stereocenters. The molecule has 0 saturated heterocycles. The monoisotopic (exact) mass is 489 g/mol. The minimum absolute atomic E-state index is 0.244. The van der Waals surface area contributed by atoms with Crippen LogP contribution in [0.4, 0.5) is 28.8 Å². The van der Waals surface area contributed by atoms with Crippen LogP contribution in [0.2, 0.25) is 0 Å². The van der Waals surface area contributed by atoms with Crippen LogP contribution < -0.4 is 25.6 Å². The third kappa shape index (κ3) is 7.03. The first-order valence-corrected chi connectivity index (χ1v) is 11.3. The van der Waals surface area contributed by atoms with Crippen molar-refractivity contribution in [1.82, 2.24) is 14.9 Å². The Kier molecular flexibility index (Phi) is 8.95. The van der Waals surface area contributed by atoms with Crippen LogP contribution in [0, 0.1) is 0 Å². The molecule has 10 heteroatoms. The molecule has 2 amide bonds. The number of carbonyl (C=O) groups excluding carboxylic acids is 2. The summed E-state index contributed by atoms with van der Waals surface area (Å²) in [6.45, 7) is 5.09. The molecule has 0 atom stereocenters. The van der Waals surface area contributed by atoms with Crippen molar-refractivity contribution < 1.29 is 14.3 Å². The Hall–Kier alpha value is -4.44. The van der Waals surface area contributed by atoms with Crippen LogP contribution in [0.3, 0.4) is 0 Å². The van der Waals surface area contributed by atoms with Gasteiger partial charge in [0, 0.05) is 38.0 Å². The molecule has 0 saturated carbocycles. The van der Waals surface area contributed by atoms with Crippen molar-refractivity contribution in [3.05, 3.63) is 72.9 Å². The second-order valence-corrected chi connectivity index (χ2v) is 8.20. The Bertz CT molecular complexity index is 1220. The summed E-state index contributed by atoms with van der Waals surface area (Å²) in [6.07, 6.45) is 2.75. The number of carbonyl (C=O) groups is 2.